The Morgan fingerprint density at radius 3 is 2.43 bits per heavy atom. The summed E-state index contributed by atoms with van der Waals surface area (Å²) >= 11 is 0. The van der Waals surface area contributed by atoms with Gasteiger partial charge in [-0.3, -0.25) is 10.1 Å². The monoisotopic (exact) mass is 296 g/mol. The average Bonchev–Trinajstić information content (AvgIpc) is 2.41. The molecule has 0 saturated heterocycles. The number of hydrogen-bond acceptors (Lipinski definition) is 3. The van der Waals surface area contributed by atoms with Gasteiger partial charge in [0.25, 0.3) is 0 Å². The van der Waals surface area contributed by atoms with E-state index in [0.717, 1.165) is 6.07 Å². The Hall–Kier alpha value is -2.57. The van der Waals surface area contributed by atoms with Crippen LogP contribution in [0.2, 0.25) is 0 Å². The van der Waals surface area contributed by atoms with Gasteiger partial charge in [0.2, 0.25) is 5.82 Å². The van der Waals surface area contributed by atoms with E-state index < -0.39 is 22.2 Å². The molecule has 1 N–H and O–H groups in total. The molecule has 0 aliphatic heterocycles. The van der Waals surface area contributed by atoms with Gasteiger partial charge in [0.1, 0.15) is 11.6 Å². The number of nitro groups is 1. The minimum absolute atomic E-state index is 0.0509. The topological polar surface area (TPSA) is 55.2 Å². The third-order valence-electron chi connectivity index (χ3n) is 2.95. The zero-order chi connectivity index (χ0) is 15.6. The molecule has 0 bridgehead atoms. The van der Waals surface area contributed by atoms with Crippen LogP contribution in [0.15, 0.2) is 30.3 Å². The SMILES string of the molecule is Cc1cc(NCc2cc([N+](=O)[O-])c(F)cc2F)ccc1F. The van der Waals surface area contributed by atoms with Crippen LogP contribution in [-0.4, -0.2) is 4.92 Å². The molecule has 2 rings (SSSR count). The van der Waals surface area contributed by atoms with Crippen molar-refractivity contribution in [2.75, 3.05) is 5.32 Å². The van der Waals surface area contributed by atoms with Crippen LogP contribution < -0.4 is 5.32 Å². The molecule has 21 heavy (non-hydrogen) atoms. The van der Waals surface area contributed by atoms with Crippen molar-refractivity contribution in [3.63, 3.8) is 0 Å². The first-order valence-corrected chi connectivity index (χ1v) is 6.01. The molecule has 0 saturated carbocycles. The summed E-state index contributed by atoms with van der Waals surface area (Å²) in [5, 5.41) is 13.4. The molecule has 4 nitrogen and oxygen atoms in total. The van der Waals surface area contributed by atoms with Crippen molar-refractivity contribution in [2.45, 2.75) is 13.5 Å². The Bertz CT molecular complexity index is 705. The van der Waals surface area contributed by atoms with Crippen LogP contribution in [0.3, 0.4) is 0 Å². The lowest BCUT2D eigenvalue weighted by Crippen LogP contribution is -2.04. The number of benzene rings is 2. The third-order valence-corrected chi connectivity index (χ3v) is 2.95. The highest BCUT2D eigenvalue weighted by Crippen LogP contribution is 2.22. The minimum atomic E-state index is -1.22. The lowest BCUT2D eigenvalue weighted by Gasteiger charge is -2.09. The van der Waals surface area contributed by atoms with Gasteiger partial charge in [-0.05, 0) is 30.7 Å². The fraction of sp³-hybridized carbons (Fsp3) is 0.143. The van der Waals surface area contributed by atoms with Gasteiger partial charge in [-0.15, -0.1) is 0 Å². The molecule has 0 radical (unpaired) electrons. The van der Waals surface area contributed by atoms with Gasteiger partial charge in [-0.1, -0.05) is 0 Å². The Labute approximate surface area is 118 Å². The number of nitrogens with zero attached hydrogens (tertiary/aromatic N) is 1. The smallest absolute Gasteiger partial charge is 0.305 e. The van der Waals surface area contributed by atoms with Gasteiger partial charge in [0.15, 0.2) is 0 Å². The summed E-state index contributed by atoms with van der Waals surface area (Å²) in [5.41, 5.74) is 0.0967. The first-order valence-electron chi connectivity index (χ1n) is 6.01. The highest BCUT2D eigenvalue weighted by Gasteiger charge is 2.18. The molecule has 7 heteroatoms. The van der Waals surface area contributed by atoms with Crippen LogP contribution in [0.25, 0.3) is 0 Å². The highest BCUT2D eigenvalue weighted by molar-refractivity contribution is 5.47. The molecule has 0 atom stereocenters. The summed E-state index contributed by atoms with van der Waals surface area (Å²) in [7, 11) is 0. The highest BCUT2D eigenvalue weighted by atomic mass is 19.1. The van der Waals surface area contributed by atoms with Gasteiger partial charge in [0.05, 0.1) is 4.92 Å². The summed E-state index contributed by atoms with van der Waals surface area (Å²) in [6, 6.07) is 5.55. The van der Waals surface area contributed by atoms with E-state index in [1.165, 1.54) is 18.2 Å². The van der Waals surface area contributed by atoms with Crippen molar-refractivity contribution in [3.8, 4) is 0 Å². The molecule has 0 aromatic heterocycles. The Balaban J connectivity index is 2.21. The molecule has 0 spiro atoms. The second-order valence-corrected chi connectivity index (χ2v) is 4.47. The van der Waals surface area contributed by atoms with Crippen LogP contribution in [0, 0.1) is 34.5 Å². The van der Waals surface area contributed by atoms with Crippen LogP contribution in [0.5, 0.6) is 0 Å². The Morgan fingerprint density at radius 2 is 1.81 bits per heavy atom. The van der Waals surface area contributed by atoms with E-state index in [-0.39, 0.29) is 17.9 Å². The van der Waals surface area contributed by atoms with Crippen LogP contribution in [0.1, 0.15) is 11.1 Å². The number of hydrogen-bond donors (Lipinski definition) is 1. The number of anilines is 1. The van der Waals surface area contributed by atoms with E-state index in [0.29, 0.717) is 17.3 Å². The zero-order valence-corrected chi connectivity index (χ0v) is 11.0. The first-order chi connectivity index (χ1) is 9.88. The molecule has 0 aliphatic carbocycles. The van der Waals surface area contributed by atoms with Crippen LogP contribution in [-0.2, 0) is 6.54 Å². The van der Waals surface area contributed by atoms with E-state index in [9.17, 15) is 23.3 Å². The minimum Gasteiger partial charge on any atom is -0.381 e. The van der Waals surface area contributed by atoms with Crippen molar-refractivity contribution in [1.29, 1.82) is 0 Å². The molecular formula is C14H11F3N2O2. The van der Waals surface area contributed by atoms with Gasteiger partial charge in [0, 0.05) is 29.9 Å². The molecule has 0 unspecified atom stereocenters. The maximum Gasteiger partial charge on any atom is 0.305 e. The first kappa shape index (κ1) is 14.8. The Kier molecular flexibility index (Phi) is 4.11. The van der Waals surface area contributed by atoms with Gasteiger partial charge in [-0.25, -0.2) is 8.78 Å². The molecule has 2 aromatic carbocycles. The molecule has 0 heterocycles. The van der Waals surface area contributed by atoms with Crippen molar-refractivity contribution >= 4 is 11.4 Å². The summed E-state index contributed by atoms with van der Waals surface area (Å²) in [6.45, 7) is 1.49. The number of nitrogens with one attached hydrogen (secondary N) is 1. The normalized spacial score (nSPS) is 10.5. The second-order valence-electron chi connectivity index (χ2n) is 4.47. The molecule has 0 amide bonds. The molecule has 0 fully saturated rings. The lowest BCUT2D eigenvalue weighted by atomic mass is 10.1. The van der Waals surface area contributed by atoms with Crippen molar-refractivity contribution in [1.82, 2.24) is 0 Å². The van der Waals surface area contributed by atoms with Crippen molar-refractivity contribution < 1.29 is 18.1 Å². The van der Waals surface area contributed by atoms with E-state index in [1.807, 2.05) is 0 Å². The maximum atomic E-state index is 13.6. The summed E-state index contributed by atoms with van der Waals surface area (Å²) < 4.78 is 39.9. The average molecular weight is 296 g/mol. The quantitative estimate of drug-likeness (QED) is 0.687. The molecule has 110 valence electrons. The fourth-order valence-corrected chi connectivity index (χ4v) is 1.81. The lowest BCUT2D eigenvalue weighted by molar-refractivity contribution is -0.387. The largest absolute Gasteiger partial charge is 0.381 e. The van der Waals surface area contributed by atoms with E-state index in [4.69, 9.17) is 0 Å². The number of rotatable bonds is 4. The fourth-order valence-electron chi connectivity index (χ4n) is 1.81. The van der Waals surface area contributed by atoms with Crippen molar-refractivity contribution in [3.05, 3.63) is 69.0 Å². The number of aryl methyl sites for hydroxylation is 1. The molecule has 2 aromatic rings. The second kappa shape index (κ2) is 5.82. The van der Waals surface area contributed by atoms with Gasteiger partial charge >= 0.3 is 5.69 Å². The third kappa shape index (κ3) is 3.31. The molecular weight excluding hydrogens is 285 g/mol. The van der Waals surface area contributed by atoms with Gasteiger partial charge < -0.3 is 5.32 Å². The van der Waals surface area contributed by atoms with Crippen LogP contribution >= 0.6 is 0 Å². The summed E-state index contributed by atoms with van der Waals surface area (Å²) in [6.07, 6.45) is 0. The predicted molar refractivity (Wildman–Crippen MR) is 71.5 cm³/mol. The summed E-state index contributed by atoms with van der Waals surface area (Å²) in [4.78, 5) is 9.71. The predicted octanol–water partition coefficient (Wildman–Crippen LogP) is 3.93. The van der Waals surface area contributed by atoms with Crippen molar-refractivity contribution in [2.24, 2.45) is 0 Å². The zero-order valence-electron chi connectivity index (χ0n) is 11.0. The van der Waals surface area contributed by atoms with E-state index >= 15 is 0 Å². The summed E-state index contributed by atoms with van der Waals surface area (Å²) in [5.74, 6) is -2.48. The Morgan fingerprint density at radius 1 is 1.10 bits per heavy atom. The van der Waals surface area contributed by atoms with Crippen LogP contribution in [0.4, 0.5) is 24.5 Å². The number of nitro benzene ring substituents is 1. The van der Waals surface area contributed by atoms with E-state index in [1.54, 1.807) is 6.92 Å². The number of halogens is 3. The molecule has 0 aliphatic rings. The maximum absolute atomic E-state index is 13.6. The van der Waals surface area contributed by atoms with E-state index in [2.05, 4.69) is 5.32 Å². The van der Waals surface area contributed by atoms with Gasteiger partial charge in [-0.2, -0.15) is 4.39 Å². The standard InChI is InChI=1S/C14H11F3N2O2/c1-8-4-10(2-3-11(8)15)18-7-9-5-14(19(20)21)13(17)6-12(9)16/h2-6,18H,7H2,1H3.